The zero-order valence-corrected chi connectivity index (χ0v) is 11.0. The van der Waals surface area contributed by atoms with Gasteiger partial charge in [-0.1, -0.05) is 17.7 Å². The molecule has 0 aliphatic rings. The summed E-state index contributed by atoms with van der Waals surface area (Å²) in [6.45, 7) is 3.38. The molecule has 1 aromatic rings. The van der Waals surface area contributed by atoms with Crippen LogP contribution in [0.5, 0.6) is 0 Å². The first-order chi connectivity index (χ1) is 9.36. The third kappa shape index (κ3) is 3.79. The number of nitro groups is 1. The highest BCUT2D eigenvalue weighted by Crippen LogP contribution is 2.23. The number of halogens is 1. The molecule has 1 rings (SSSR count). The van der Waals surface area contributed by atoms with Gasteiger partial charge >= 0.3 is 5.97 Å². The third-order valence-corrected chi connectivity index (χ3v) is 2.64. The summed E-state index contributed by atoms with van der Waals surface area (Å²) in [5.74, 6) is -2.11. The minimum atomic E-state index is -1.25. The predicted octanol–water partition coefficient (Wildman–Crippen LogP) is 2.01. The molecular formula is C12H11ClN2O5. The van der Waals surface area contributed by atoms with Gasteiger partial charge in [-0.15, -0.1) is 6.58 Å². The first-order valence-electron chi connectivity index (χ1n) is 5.45. The van der Waals surface area contributed by atoms with Gasteiger partial charge in [-0.25, -0.2) is 4.79 Å². The SMILES string of the molecule is C=CCC(NC(=O)c1ccc(Cl)cc1[N+](=O)[O-])C(=O)O. The first kappa shape index (κ1) is 15.6. The van der Waals surface area contributed by atoms with Crippen LogP contribution in [0.3, 0.4) is 0 Å². The van der Waals surface area contributed by atoms with Crippen LogP contribution in [0.2, 0.25) is 5.02 Å². The van der Waals surface area contributed by atoms with Gasteiger partial charge in [-0.3, -0.25) is 14.9 Å². The number of carbonyl (C=O) groups excluding carboxylic acids is 1. The Labute approximate surface area is 119 Å². The molecule has 1 unspecified atom stereocenters. The predicted molar refractivity (Wildman–Crippen MR) is 71.8 cm³/mol. The van der Waals surface area contributed by atoms with E-state index >= 15 is 0 Å². The second-order valence-electron chi connectivity index (χ2n) is 3.81. The van der Waals surface area contributed by atoms with Crippen LogP contribution in [0.15, 0.2) is 30.9 Å². The highest BCUT2D eigenvalue weighted by atomic mass is 35.5. The van der Waals surface area contributed by atoms with Crippen molar-refractivity contribution in [3.63, 3.8) is 0 Å². The van der Waals surface area contributed by atoms with E-state index in [0.29, 0.717) is 0 Å². The van der Waals surface area contributed by atoms with Gasteiger partial charge in [-0.2, -0.15) is 0 Å². The molecule has 20 heavy (non-hydrogen) atoms. The van der Waals surface area contributed by atoms with Crippen molar-refractivity contribution in [2.75, 3.05) is 0 Å². The minimum absolute atomic E-state index is 0.00244. The van der Waals surface area contributed by atoms with Crippen LogP contribution in [0.4, 0.5) is 5.69 Å². The van der Waals surface area contributed by atoms with Crippen LogP contribution < -0.4 is 5.32 Å². The molecule has 0 saturated heterocycles. The molecule has 0 fully saturated rings. The monoisotopic (exact) mass is 298 g/mol. The molecule has 0 spiro atoms. The number of benzene rings is 1. The Morgan fingerprint density at radius 2 is 2.20 bits per heavy atom. The molecule has 0 aliphatic heterocycles. The van der Waals surface area contributed by atoms with Gasteiger partial charge in [0, 0.05) is 11.1 Å². The van der Waals surface area contributed by atoms with Crippen molar-refractivity contribution >= 4 is 29.2 Å². The normalized spacial score (nSPS) is 11.4. The Morgan fingerprint density at radius 1 is 1.55 bits per heavy atom. The van der Waals surface area contributed by atoms with E-state index in [1.807, 2.05) is 0 Å². The number of carbonyl (C=O) groups is 2. The maximum atomic E-state index is 11.9. The average molecular weight is 299 g/mol. The van der Waals surface area contributed by atoms with Crippen molar-refractivity contribution in [2.24, 2.45) is 0 Å². The Bertz CT molecular complexity index is 573. The standard InChI is InChI=1S/C12H11ClN2O5/c1-2-3-9(12(17)18)14-11(16)8-5-4-7(13)6-10(8)15(19)20/h2,4-6,9H,1,3H2,(H,14,16)(H,17,18). The van der Waals surface area contributed by atoms with Crippen LogP contribution in [0.1, 0.15) is 16.8 Å². The summed E-state index contributed by atoms with van der Waals surface area (Å²) in [7, 11) is 0. The number of carboxylic acid groups (broad SMARTS) is 1. The largest absolute Gasteiger partial charge is 0.480 e. The van der Waals surface area contributed by atoms with Crippen LogP contribution >= 0.6 is 11.6 Å². The van der Waals surface area contributed by atoms with Crippen molar-refractivity contribution in [3.8, 4) is 0 Å². The number of rotatable bonds is 6. The zero-order valence-electron chi connectivity index (χ0n) is 10.2. The fourth-order valence-electron chi connectivity index (χ4n) is 1.47. The second-order valence-corrected chi connectivity index (χ2v) is 4.24. The second kappa shape index (κ2) is 6.67. The van der Waals surface area contributed by atoms with Gasteiger partial charge in [0.25, 0.3) is 11.6 Å². The Hall–Kier alpha value is -2.41. The van der Waals surface area contributed by atoms with Gasteiger partial charge in [0.15, 0.2) is 0 Å². The van der Waals surface area contributed by atoms with Gasteiger partial charge in [0.2, 0.25) is 0 Å². The molecular weight excluding hydrogens is 288 g/mol. The molecule has 0 aromatic heterocycles. The third-order valence-electron chi connectivity index (χ3n) is 2.41. The molecule has 106 valence electrons. The van der Waals surface area contributed by atoms with Crippen molar-refractivity contribution in [3.05, 3.63) is 51.6 Å². The lowest BCUT2D eigenvalue weighted by Gasteiger charge is -2.12. The van der Waals surface area contributed by atoms with Crippen LogP contribution in [0, 0.1) is 10.1 Å². The summed E-state index contributed by atoms with van der Waals surface area (Å²) in [6.07, 6.45) is 1.33. The molecule has 1 aromatic carbocycles. The summed E-state index contributed by atoms with van der Waals surface area (Å²) < 4.78 is 0. The van der Waals surface area contributed by atoms with E-state index in [0.717, 1.165) is 6.07 Å². The number of nitro benzene ring substituents is 1. The molecule has 0 aliphatic carbocycles. The molecule has 0 saturated carbocycles. The highest BCUT2D eigenvalue weighted by molar-refractivity contribution is 6.31. The van der Waals surface area contributed by atoms with Crippen molar-refractivity contribution in [1.82, 2.24) is 5.32 Å². The van der Waals surface area contributed by atoms with Crippen molar-refractivity contribution in [1.29, 1.82) is 0 Å². The smallest absolute Gasteiger partial charge is 0.326 e. The fraction of sp³-hybridized carbons (Fsp3) is 0.167. The number of nitrogens with one attached hydrogen (secondary N) is 1. The Balaban J connectivity index is 3.05. The molecule has 1 amide bonds. The van der Waals surface area contributed by atoms with E-state index < -0.39 is 28.5 Å². The van der Waals surface area contributed by atoms with E-state index in [1.165, 1.54) is 18.2 Å². The quantitative estimate of drug-likeness (QED) is 0.474. The molecule has 7 nitrogen and oxygen atoms in total. The van der Waals surface area contributed by atoms with Gasteiger partial charge in [-0.05, 0) is 18.6 Å². The summed E-state index contributed by atoms with van der Waals surface area (Å²) in [5, 5.41) is 22.1. The van der Waals surface area contributed by atoms with E-state index in [2.05, 4.69) is 11.9 Å². The van der Waals surface area contributed by atoms with Gasteiger partial charge in [0.05, 0.1) is 4.92 Å². The molecule has 0 bridgehead atoms. The summed E-state index contributed by atoms with van der Waals surface area (Å²) in [5.41, 5.74) is -0.743. The average Bonchev–Trinajstić information content (AvgIpc) is 2.37. The van der Waals surface area contributed by atoms with Gasteiger partial charge < -0.3 is 10.4 Å². The molecule has 2 N–H and O–H groups in total. The van der Waals surface area contributed by atoms with E-state index in [-0.39, 0.29) is 17.0 Å². The lowest BCUT2D eigenvalue weighted by atomic mass is 10.1. The van der Waals surface area contributed by atoms with Crippen LogP contribution in [-0.4, -0.2) is 27.9 Å². The molecule has 0 radical (unpaired) electrons. The van der Waals surface area contributed by atoms with E-state index in [4.69, 9.17) is 16.7 Å². The summed E-state index contributed by atoms with van der Waals surface area (Å²) >= 11 is 5.63. The highest BCUT2D eigenvalue weighted by Gasteiger charge is 2.25. The van der Waals surface area contributed by atoms with Gasteiger partial charge in [0.1, 0.15) is 11.6 Å². The number of carboxylic acids is 1. The number of nitrogens with zero attached hydrogens (tertiary/aromatic N) is 1. The molecule has 1 atom stereocenters. The Morgan fingerprint density at radius 3 is 2.70 bits per heavy atom. The lowest BCUT2D eigenvalue weighted by Crippen LogP contribution is -2.40. The maximum absolute atomic E-state index is 11.9. The summed E-state index contributed by atoms with van der Waals surface area (Å²) in [6, 6.07) is 2.31. The number of hydrogen-bond acceptors (Lipinski definition) is 4. The lowest BCUT2D eigenvalue weighted by molar-refractivity contribution is -0.385. The fourth-order valence-corrected chi connectivity index (χ4v) is 1.64. The minimum Gasteiger partial charge on any atom is -0.480 e. The maximum Gasteiger partial charge on any atom is 0.326 e. The number of aliphatic carboxylic acids is 1. The van der Waals surface area contributed by atoms with Crippen LogP contribution in [-0.2, 0) is 4.79 Å². The van der Waals surface area contributed by atoms with E-state index in [9.17, 15) is 19.7 Å². The first-order valence-corrected chi connectivity index (χ1v) is 5.83. The number of amides is 1. The Kier molecular flexibility index (Phi) is 5.22. The molecule has 0 heterocycles. The molecule has 8 heteroatoms. The summed E-state index contributed by atoms with van der Waals surface area (Å²) in [4.78, 5) is 32.9. The zero-order chi connectivity index (χ0) is 15.3. The van der Waals surface area contributed by atoms with Crippen LogP contribution in [0.25, 0.3) is 0 Å². The van der Waals surface area contributed by atoms with E-state index in [1.54, 1.807) is 0 Å². The topological polar surface area (TPSA) is 110 Å². The van der Waals surface area contributed by atoms with Crippen molar-refractivity contribution in [2.45, 2.75) is 12.5 Å². The number of hydrogen-bond donors (Lipinski definition) is 2. The van der Waals surface area contributed by atoms with Crippen molar-refractivity contribution < 1.29 is 19.6 Å².